The van der Waals surface area contributed by atoms with E-state index in [4.69, 9.17) is 0 Å². The van der Waals surface area contributed by atoms with Gasteiger partial charge in [-0.15, -0.1) is 0 Å². The van der Waals surface area contributed by atoms with Crippen LogP contribution in [0.5, 0.6) is 0 Å². The monoisotopic (exact) mass is 359 g/mol. The van der Waals surface area contributed by atoms with E-state index in [0.717, 1.165) is 6.54 Å². The summed E-state index contributed by atoms with van der Waals surface area (Å²) < 4.78 is 26.7. The number of aliphatic hydroxyl groups excluding tert-OH is 1. The van der Waals surface area contributed by atoms with Gasteiger partial charge >= 0.3 is 0 Å². The van der Waals surface area contributed by atoms with Crippen LogP contribution in [0.2, 0.25) is 0 Å². The highest BCUT2D eigenvalue weighted by molar-refractivity contribution is 7.89. The van der Waals surface area contributed by atoms with Crippen LogP contribution >= 0.6 is 0 Å². The molecule has 0 fully saturated rings. The van der Waals surface area contributed by atoms with Crippen molar-refractivity contribution in [1.82, 2.24) is 9.62 Å². The van der Waals surface area contributed by atoms with Crippen LogP contribution in [0.1, 0.15) is 26.7 Å². The Morgan fingerprint density at radius 3 is 2.38 bits per heavy atom. The molecular weight excluding hydrogens is 334 g/mol. The molecule has 1 rings (SSSR count). The standard InChI is InChI=1S/C15H25N3O5S/c1-3-10-17(11-9-14(19)12-16-4-2)24(22,23)15-7-5-13(6-8-15)18(20)21/h5-8,14,16,19H,3-4,9-12H2,1-2H3. The minimum absolute atomic E-state index is 0.0164. The SMILES string of the molecule is CCCN(CCC(O)CNCC)S(=O)(=O)c1ccc([N+](=O)[O-])cc1. The molecule has 24 heavy (non-hydrogen) atoms. The summed E-state index contributed by atoms with van der Waals surface area (Å²) in [5.74, 6) is 0. The van der Waals surface area contributed by atoms with E-state index in [0.29, 0.717) is 25.9 Å². The second kappa shape index (κ2) is 9.67. The summed E-state index contributed by atoms with van der Waals surface area (Å²) in [7, 11) is -3.74. The molecule has 0 saturated carbocycles. The zero-order chi connectivity index (χ0) is 18.2. The van der Waals surface area contributed by atoms with Gasteiger partial charge in [-0.2, -0.15) is 4.31 Å². The van der Waals surface area contributed by atoms with Gasteiger partial charge in [-0.1, -0.05) is 13.8 Å². The van der Waals surface area contributed by atoms with E-state index in [1.165, 1.54) is 28.6 Å². The number of likely N-dealkylation sites (N-methyl/N-ethyl adjacent to an activating group) is 1. The van der Waals surface area contributed by atoms with Crippen molar-refractivity contribution in [3.05, 3.63) is 34.4 Å². The van der Waals surface area contributed by atoms with E-state index in [-0.39, 0.29) is 17.1 Å². The molecule has 0 heterocycles. The first kappa shape index (κ1) is 20.5. The fraction of sp³-hybridized carbons (Fsp3) is 0.600. The molecule has 0 aromatic heterocycles. The van der Waals surface area contributed by atoms with Crippen molar-refractivity contribution in [3.8, 4) is 0 Å². The Bertz CT molecular complexity index is 619. The van der Waals surface area contributed by atoms with Gasteiger partial charge < -0.3 is 10.4 Å². The molecule has 0 amide bonds. The number of hydrogen-bond donors (Lipinski definition) is 2. The number of rotatable bonds is 11. The van der Waals surface area contributed by atoms with Crippen LogP contribution in [-0.2, 0) is 10.0 Å². The summed E-state index contributed by atoms with van der Waals surface area (Å²) in [5.41, 5.74) is -0.156. The summed E-state index contributed by atoms with van der Waals surface area (Å²) in [5, 5.41) is 23.6. The third-order valence-corrected chi connectivity index (χ3v) is 5.41. The number of benzene rings is 1. The lowest BCUT2D eigenvalue weighted by Crippen LogP contribution is -2.36. The van der Waals surface area contributed by atoms with Crippen molar-refractivity contribution in [2.24, 2.45) is 0 Å². The number of hydrogen-bond acceptors (Lipinski definition) is 6. The Balaban J connectivity index is 2.86. The van der Waals surface area contributed by atoms with E-state index >= 15 is 0 Å². The lowest BCUT2D eigenvalue weighted by molar-refractivity contribution is -0.384. The Hall–Kier alpha value is -1.55. The van der Waals surface area contributed by atoms with Crippen molar-refractivity contribution in [2.75, 3.05) is 26.2 Å². The summed E-state index contributed by atoms with van der Waals surface area (Å²) in [6, 6.07) is 4.84. The van der Waals surface area contributed by atoms with Crippen LogP contribution < -0.4 is 5.32 Å². The normalized spacial score (nSPS) is 13.2. The maximum Gasteiger partial charge on any atom is 0.269 e. The van der Waals surface area contributed by atoms with Crippen LogP contribution in [0.3, 0.4) is 0 Å². The summed E-state index contributed by atoms with van der Waals surface area (Å²) >= 11 is 0. The van der Waals surface area contributed by atoms with Gasteiger partial charge in [0, 0.05) is 31.8 Å². The van der Waals surface area contributed by atoms with Gasteiger partial charge in [0.05, 0.1) is 15.9 Å². The fourth-order valence-electron chi connectivity index (χ4n) is 2.20. The highest BCUT2D eigenvalue weighted by atomic mass is 32.2. The van der Waals surface area contributed by atoms with Gasteiger partial charge in [-0.05, 0) is 31.5 Å². The summed E-state index contributed by atoms with van der Waals surface area (Å²) in [6.07, 6.45) is 0.325. The molecule has 136 valence electrons. The van der Waals surface area contributed by atoms with Gasteiger partial charge in [-0.3, -0.25) is 10.1 Å². The van der Waals surface area contributed by atoms with E-state index in [2.05, 4.69) is 5.32 Å². The Kier molecular flexibility index (Phi) is 8.26. The van der Waals surface area contributed by atoms with Gasteiger partial charge in [-0.25, -0.2) is 8.42 Å². The highest BCUT2D eigenvalue weighted by Crippen LogP contribution is 2.20. The van der Waals surface area contributed by atoms with Gasteiger partial charge in [0.2, 0.25) is 10.0 Å². The number of nitro groups is 1. The Morgan fingerprint density at radius 2 is 1.88 bits per heavy atom. The zero-order valence-electron chi connectivity index (χ0n) is 14.0. The fourth-order valence-corrected chi connectivity index (χ4v) is 3.74. The first-order chi connectivity index (χ1) is 11.3. The maximum absolute atomic E-state index is 12.7. The number of nitrogens with one attached hydrogen (secondary N) is 1. The van der Waals surface area contributed by atoms with E-state index in [9.17, 15) is 23.6 Å². The van der Waals surface area contributed by atoms with Crippen LogP contribution in [0, 0.1) is 10.1 Å². The highest BCUT2D eigenvalue weighted by Gasteiger charge is 2.25. The van der Waals surface area contributed by atoms with E-state index in [1.807, 2.05) is 13.8 Å². The molecule has 1 atom stereocenters. The van der Waals surface area contributed by atoms with Crippen molar-refractivity contribution in [2.45, 2.75) is 37.7 Å². The van der Waals surface area contributed by atoms with Crippen molar-refractivity contribution < 1.29 is 18.4 Å². The zero-order valence-corrected chi connectivity index (χ0v) is 14.8. The molecule has 1 aromatic carbocycles. The summed E-state index contributed by atoms with van der Waals surface area (Å²) in [6.45, 7) is 5.46. The Labute approximate surface area is 142 Å². The van der Waals surface area contributed by atoms with Gasteiger partial charge in [0.1, 0.15) is 0 Å². The number of sulfonamides is 1. The lowest BCUT2D eigenvalue weighted by Gasteiger charge is -2.23. The predicted octanol–water partition coefficient (Wildman–Crippen LogP) is 1.36. The molecular formula is C15H25N3O5S. The quantitative estimate of drug-likeness (QED) is 0.455. The topological polar surface area (TPSA) is 113 Å². The molecule has 1 unspecified atom stereocenters. The first-order valence-corrected chi connectivity index (χ1v) is 9.40. The van der Waals surface area contributed by atoms with Gasteiger partial charge in [0.25, 0.3) is 5.69 Å². The molecule has 8 nitrogen and oxygen atoms in total. The molecule has 0 aliphatic carbocycles. The molecule has 0 radical (unpaired) electrons. The average molecular weight is 359 g/mol. The summed E-state index contributed by atoms with van der Waals surface area (Å²) in [4.78, 5) is 10.1. The average Bonchev–Trinajstić information content (AvgIpc) is 2.56. The second-order valence-electron chi connectivity index (χ2n) is 5.41. The van der Waals surface area contributed by atoms with Crippen LogP contribution in [0.25, 0.3) is 0 Å². The largest absolute Gasteiger partial charge is 0.392 e. The number of nitrogens with zero attached hydrogens (tertiary/aromatic N) is 2. The molecule has 0 aliphatic rings. The molecule has 0 spiro atoms. The van der Waals surface area contributed by atoms with Crippen LogP contribution in [-0.4, -0.2) is 55.0 Å². The third-order valence-electron chi connectivity index (χ3n) is 3.50. The first-order valence-electron chi connectivity index (χ1n) is 7.96. The second-order valence-corrected chi connectivity index (χ2v) is 7.34. The molecule has 0 aliphatic heterocycles. The van der Waals surface area contributed by atoms with Crippen LogP contribution in [0.15, 0.2) is 29.2 Å². The molecule has 1 aromatic rings. The third kappa shape index (κ3) is 5.82. The number of non-ortho nitro benzene ring substituents is 1. The van der Waals surface area contributed by atoms with Gasteiger partial charge in [0.15, 0.2) is 0 Å². The van der Waals surface area contributed by atoms with Crippen molar-refractivity contribution in [1.29, 1.82) is 0 Å². The van der Waals surface area contributed by atoms with E-state index in [1.54, 1.807) is 0 Å². The van der Waals surface area contributed by atoms with Crippen molar-refractivity contribution >= 4 is 15.7 Å². The molecule has 0 saturated heterocycles. The minimum atomic E-state index is -3.74. The number of nitro benzene ring substituents is 1. The molecule has 0 bridgehead atoms. The Morgan fingerprint density at radius 1 is 1.25 bits per heavy atom. The predicted molar refractivity (Wildman–Crippen MR) is 91.3 cm³/mol. The van der Waals surface area contributed by atoms with Crippen LogP contribution in [0.4, 0.5) is 5.69 Å². The maximum atomic E-state index is 12.7. The molecule has 9 heteroatoms. The van der Waals surface area contributed by atoms with E-state index < -0.39 is 21.1 Å². The minimum Gasteiger partial charge on any atom is -0.392 e. The smallest absolute Gasteiger partial charge is 0.269 e. The molecule has 2 N–H and O–H groups in total. The van der Waals surface area contributed by atoms with Crippen molar-refractivity contribution in [3.63, 3.8) is 0 Å². The lowest BCUT2D eigenvalue weighted by atomic mass is 10.2. The number of aliphatic hydroxyl groups is 1.